The van der Waals surface area contributed by atoms with Crippen LogP contribution in [0.5, 0.6) is 0 Å². The van der Waals surface area contributed by atoms with E-state index < -0.39 is 5.82 Å². The molecule has 0 saturated heterocycles. The molecule has 0 aliphatic rings. The summed E-state index contributed by atoms with van der Waals surface area (Å²) in [5, 5.41) is 0. The van der Waals surface area contributed by atoms with Crippen LogP contribution in [0.25, 0.3) is 0 Å². The van der Waals surface area contributed by atoms with Crippen LogP contribution >= 0.6 is 34.2 Å². The second kappa shape index (κ2) is 4.91. The van der Waals surface area contributed by atoms with E-state index in [1.54, 1.807) is 6.07 Å². The van der Waals surface area contributed by atoms with E-state index in [2.05, 4.69) is 0 Å². The van der Waals surface area contributed by atoms with Crippen LogP contribution in [-0.4, -0.2) is 11.7 Å². The Morgan fingerprint density at radius 2 is 2.23 bits per heavy atom. The minimum Gasteiger partial charge on any atom is -0.294 e. The van der Waals surface area contributed by atoms with Gasteiger partial charge < -0.3 is 0 Å². The molecule has 0 atom stereocenters. The molecule has 1 rings (SSSR count). The van der Waals surface area contributed by atoms with Gasteiger partial charge in [0.05, 0.1) is 5.56 Å². The van der Waals surface area contributed by atoms with Gasteiger partial charge in [-0.1, -0.05) is 0 Å². The molecule has 13 heavy (non-hydrogen) atoms. The lowest BCUT2D eigenvalue weighted by Gasteiger charge is -2.00. The smallest absolute Gasteiger partial charge is 0.167 e. The maximum absolute atomic E-state index is 13.2. The van der Waals surface area contributed by atoms with Gasteiger partial charge in [0.2, 0.25) is 0 Å². The van der Waals surface area contributed by atoms with E-state index in [1.807, 2.05) is 22.6 Å². The molecule has 1 aromatic carbocycles. The lowest BCUT2D eigenvalue weighted by atomic mass is 10.1. The summed E-state index contributed by atoms with van der Waals surface area (Å²) in [5.74, 6) is -0.490. The van der Waals surface area contributed by atoms with Crippen LogP contribution in [0.1, 0.15) is 16.8 Å². The summed E-state index contributed by atoms with van der Waals surface area (Å²) in [6.45, 7) is 0. The Morgan fingerprint density at radius 3 is 2.77 bits per heavy atom. The molecule has 0 aliphatic carbocycles. The van der Waals surface area contributed by atoms with Crippen molar-refractivity contribution in [2.75, 3.05) is 5.88 Å². The van der Waals surface area contributed by atoms with Crippen molar-refractivity contribution in [1.29, 1.82) is 0 Å². The van der Waals surface area contributed by atoms with Crippen LogP contribution in [0.15, 0.2) is 18.2 Å². The van der Waals surface area contributed by atoms with E-state index in [9.17, 15) is 9.18 Å². The van der Waals surface area contributed by atoms with Gasteiger partial charge in [0, 0.05) is 15.9 Å². The molecule has 70 valence electrons. The van der Waals surface area contributed by atoms with Crippen molar-refractivity contribution in [1.82, 2.24) is 0 Å². The molecule has 0 aliphatic heterocycles. The zero-order chi connectivity index (χ0) is 9.84. The molecule has 0 unspecified atom stereocenters. The maximum Gasteiger partial charge on any atom is 0.167 e. The molecule has 1 aromatic rings. The predicted octanol–water partition coefficient (Wildman–Crippen LogP) is 3.24. The second-order valence-corrected chi connectivity index (χ2v) is 4.11. The first-order valence-electron chi connectivity index (χ1n) is 3.69. The van der Waals surface area contributed by atoms with Crippen LogP contribution in [0.2, 0.25) is 0 Å². The molecule has 0 spiro atoms. The Bertz CT molecular complexity index is 327. The highest BCUT2D eigenvalue weighted by atomic mass is 127. The highest BCUT2D eigenvalue weighted by Crippen LogP contribution is 2.14. The van der Waals surface area contributed by atoms with Gasteiger partial charge in [0.15, 0.2) is 5.78 Å². The average Bonchev–Trinajstić information content (AvgIpc) is 2.04. The van der Waals surface area contributed by atoms with Gasteiger partial charge in [-0.2, -0.15) is 0 Å². The summed E-state index contributed by atoms with van der Waals surface area (Å²) in [6, 6.07) is 4.53. The van der Waals surface area contributed by atoms with E-state index in [1.165, 1.54) is 12.1 Å². The van der Waals surface area contributed by atoms with Gasteiger partial charge in [-0.05, 0) is 40.8 Å². The second-order valence-electron chi connectivity index (χ2n) is 2.49. The van der Waals surface area contributed by atoms with Crippen LogP contribution < -0.4 is 0 Å². The van der Waals surface area contributed by atoms with Crippen molar-refractivity contribution in [2.45, 2.75) is 6.42 Å². The maximum atomic E-state index is 13.2. The number of benzene rings is 1. The standard InChI is InChI=1S/C9H7ClFIO/c10-4-3-9(13)7-2-1-6(12)5-8(7)11/h1-2,5H,3-4H2. The number of ketones is 1. The Hall–Kier alpha value is -0.160. The van der Waals surface area contributed by atoms with Crippen LogP contribution in [0.4, 0.5) is 4.39 Å². The topological polar surface area (TPSA) is 17.1 Å². The van der Waals surface area contributed by atoms with Gasteiger partial charge >= 0.3 is 0 Å². The molecule has 0 radical (unpaired) electrons. The highest BCUT2D eigenvalue weighted by molar-refractivity contribution is 14.1. The SMILES string of the molecule is O=C(CCCl)c1ccc(I)cc1F. The van der Waals surface area contributed by atoms with Crippen molar-refractivity contribution in [3.05, 3.63) is 33.1 Å². The number of hydrogen-bond acceptors (Lipinski definition) is 1. The highest BCUT2D eigenvalue weighted by Gasteiger charge is 2.10. The molecular formula is C9H7ClFIO. The third kappa shape index (κ3) is 2.91. The Balaban J connectivity index is 2.95. The van der Waals surface area contributed by atoms with E-state index in [0.717, 1.165) is 3.57 Å². The van der Waals surface area contributed by atoms with Crippen molar-refractivity contribution in [3.8, 4) is 0 Å². The number of alkyl halides is 1. The van der Waals surface area contributed by atoms with E-state index in [4.69, 9.17) is 11.6 Å². The van der Waals surface area contributed by atoms with Crippen molar-refractivity contribution in [3.63, 3.8) is 0 Å². The summed E-state index contributed by atoms with van der Waals surface area (Å²) >= 11 is 7.37. The fourth-order valence-corrected chi connectivity index (χ4v) is 1.56. The van der Waals surface area contributed by atoms with Gasteiger partial charge in [0.25, 0.3) is 0 Å². The van der Waals surface area contributed by atoms with Gasteiger partial charge in [-0.3, -0.25) is 4.79 Å². The van der Waals surface area contributed by atoms with Gasteiger partial charge in [0.1, 0.15) is 5.82 Å². The quantitative estimate of drug-likeness (QED) is 0.476. The van der Waals surface area contributed by atoms with Gasteiger partial charge in [-0.15, -0.1) is 11.6 Å². The molecule has 4 heteroatoms. The van der Waals surface area contributed by atoms with Crippen LogP contribution in [-0.2, 0) is 0 Å². The summed E-state index contributed by atoms with van der Waals surface area (Å²) in [6.07, 6.45) is 0.180. The third-order valence-electron chi connectivity index (χ3n) is 1.55. The molecule has 0 fully saturated rings. The fraction of sp³-hybridized carbons (Fsp3) is 0.222. The molecule has 0 saturated carbocycles. The largest absolute Gasteiger partial charge is 0.294 e. The molecule has 0 aromatic heterocycles. The number of hydrogen-bond donors (Lipinski definition) is 0. The first-order valence-corrected chi connectivity index (χ1v) is 5.30. The van der Waals surface area contributed by atoms with E-state index in [-0.39, 0.29) is 23.6 Å². The summed E-state index contributed by atoms with van der Waals surface area (Å²) < 4.78 is 13.9. The lowest BCUT2D eigenvalue weighted by Crippen LogP contribution is -2.03. The lowest BCUT2D eigenvalue weighted by molar-refractivity contribution is 0.0985. The van der Waals surface area contributed by atoms with Crippen molar-refractivity contribution in [2.24, 2.45) is 0 Å². The number of Topliss-reactive ketones (excluding diaryl/α,β-unsaturated/α-hetero) is 1. The summed E-state index contributed by atoms with van der Waals surface area (Å²) in [7, 11) is 0. The van der Waals surface area contributed by atoms with Crippen LogP contribution in [0, 0.1) is 9.39 Å². The molecule has 0 N–H and O–H groups in total. The summed E-state index contributed by atoms with van der Waals surface area (Å²) in [5.41, 5.74) is 0.126. The van der Waals surface area contributed by atoms with Crippen molar-refractivity contribution >= 4 is 40.0 Å². The minimum absolute atomic E-state index is 0.126. The predicted molar refractivity (Wildman–Crippen MR) is 58.8 cm³/mol. The molecular weight excluding hydrogens is 305 g/mol. The molecule has 0 heterocycles. The molecule has 1 nitrogen and oxygen atoms in total. The third-order valence-corrected chi connectivity index (χ3v) is 2.41. The molecule has 0 amide bonds. The zero-order valence-corrected chi connectivity index (χ0v) is 9.60. The van der Waals surface area contributed by atoms with Crippen LogP contribution in [0.3, 0.4) is 0 Å². The fourth-order valence-electron chi connectivity index (χ4n) is 0.936. The van der Waals surface area contributed by atoms with E-state index in [0.29, 0.717) is 0 Å². The Morgan fingerprint density at radius 1 is 1.54 bits per heavy atom. The number of halogens is 3. The monoisotopic (exact) mass is 312 g/mol. The first-order chi connectivity index (χ1) is 6.15. The first kappa shape index (κ1) is 10.9. The van der Waals surface area contributed by atoms with Crippen molar-refractivity contribution < 1.29 is 9.18 Å². The zero-order valence-electron chi connectivity index (χ0n) is 6.69. The average molecular weight is 313 g/mol. The Labute approximate surface area is 94.4 Å². The Kier molecular flexibility index (Phi) is 4.12. The number of rotatable bonds is 3. The van der Waals surface area contributed by atoms with Gasteiger partial charge in [-0.25, -0.2) is 4.39 Å². The number of carbonyl (C=O) groups excluding carboxylic acids is 1. The minimum atomic E-state index is -0.470. The number of carbonyl (C=O) groups is 1. The summed E-state index contributed by atoms with van der Waals surface area (Å²) in [4.78, 5) is 11.2. The molecule has 0 bridgehead atoms. The van der Waals surface area contributed by atoms with E-state index >= 15 is 0 Å². The normalized spacial score (nSPS) is 10.1.